The van der Waals surface area contributed by atoms with Gasteiger partial charge in [0.25, 0.3) is 0 Å². The summed E-state index contributed by atoms with van der Waals surface area (Å²) in [6.07, 6.45) is 7.62. The van der Waals surface area contributed by atoms with Gasteiger partial charge in [0, 0.05) is 56.9 Å². The Balaban J connectivity index is 1.27. The molecule has 5 rings (SSSR count). The highest BCUT2D eigenvalue weighted by molar-refractivity contribution is 5.89. The van der Waals surface area contributed by atoms with Gasteiger partial charge in [-0.05, 0) is 54.4 Å². The molecule has 12 heteroatoms. The number of methoxy groups -OCH3 is 2. The van der Waals surface area contributed by atoms with Gasteiger partial charge in [0.15, 0.2) is 0 Å². The molecule has 1 saturated heterocycles. The standard InChI is InChI=1S/C30H34N8O4/c1-41-25-8-6-23(7-9-25)34-30(40)36-16-17-38(27-11-13-33-29(35-27)37-15-14-31-21-37)24(20-36)19-28(39)32-12-10-22-4-3-5-26(18-22)42-2/h3-9,11,13-15,18,21,24H,10,12,16-17,19-20H2,1-2H3,(H,32,39)(H,34,40). The Bertz CT molecular complexity index is 1480. The lowest BCUT2D eigenvalue weighted by molar-refractivity contribution is -0.121. The summed E-state index contributed by atoms with van der Waals surface area (Å²) in [4.78, 5) is 43.3. The van der Waals surface area contributed by atoms with E-state index in [1.54, 1.807) is 72.9 Å². The lowest BCUT2D eigenvalue weighted by atomic mass is 10.1. The minimum Gasteiger partial charge on any atom is -0.497 e. The third-order valence-electron chi connectivity index (χ3n) is 7.06. The van der Waals surface area contributed by atoms with E-state index in [0.717, 1.165) is 11.3 Å². The molecule has 4 aromatic rings. The summed E-state index contributed by atoms with van der Waals surface area (Å²) in [6.45, 7) is 1.78. The van der Waals surface area contributed by atoms with Gasteiger partial charge in [-0.15, -0.1) is 0 Å². The quantitative estimate of drug-likeness (QED) is 0.298. The first-order valence-corrected chi connectivity index (χ1v) is 13.7. The molecule has 1 aliphatic heterocycles. The Labute approximate surface area is 244 Å². The van der Waals surface area contributed by atoms with E-state index in [1.807, 2.05) is 30.3 Å². The topological polar surface area (TPSA) is 127 Å². The molecule has 1 aliphatic rings. The molecule has 0 radical (unpaired) electrons. The lowest BCUT2D eigenvalue weighted by Crippen LogP contribution is -2.57. The Morgan fingerprint density at radius 1 is 1.00 bits per heavy atom. The van der Waals surface area contributed by atoms with E-state index in [9.17, 15) is 9.59 Å². The molecule has 42 heavy (non-hydrogen) atoms. The number of nitrogens with zero attached hydrogens (tertiary/aromatic N) is 6. The molecule has 0 aliphatic carbocycles. The Morgan fingerprint density at radius 2 is 1.83 bits per heavy atom. The van der Waals surface area contributed by atoms with Crippen LogP contribution in [0, 0.1) is 0 Å². The molecule has 1 unspecified atom stereocenters. The number of benzene rings is 2. The van der Waals surface area contributed by atoms with Gasteiger partial charge < -0.3 is 29.9 Å². The number of rotatable bonds is 10. The third-order valence-corrected chi connectivity index (χ3v) is 7.06. The highest BCUT2D eigenvalue weighted by Gasteiger charge is 2.32. The van der Waals surface area contributed by atoms with Crippen LogP contribution in [0.4, 0.5) is 16.3 Å². The van der Waals surface area contributed by atoms with E-state index in [0.29, 0.717) is 55.8 Å². The van der Waals surface area contributed by atoms with E-state index >= 15 is 0 Å². The van der Waals surface area contributed by atoms with Gasteiger partial charge in [-0.3, -0.25) is 9.36 Å². The fraction of sp³-hybridized carbons (Fsp3) is 0.300. The first-order valence-electron chi connectivity index (χ1n) is 13.7. The second-order valence-electron chi connectivity index (χ2n) is 9.79. The van der Waals surface area contributed by atoms with Gasteiger partial charge in [-0.25, -0.2) is 14.8 Å². The molecule has 0 saturated carbocycles. The Hall–Kier alpha value is -5.13. The molecular weight excluding hydrogens is 536 g/mol. The van der Waals surface area contributed by atoms with Crippen molar-refractivity contribution in [2.75, 3.05) is 50.6 Å². The summed E-state index contributed by atoms with van der Waals surface area (Å²) in [5.41, 5.74) is 1.74. The summed E-state index contributed by atoms with van der Waals surface area (Å²) < 4.78 is 12.2. The largest absolute Gasteiger partial charge is 0.497 e. The fourth-order valence-electron chi connectivity index (χ4n) is 4.85. The van der Waals surface area contributed by atoms with Crippen molar-refractivity contribution >= 4 is 23.4 Å². The van der Waals surface area contributed by atoms with Gasteiger partial charge >= 0.3 is 6.03 Å². The minimum absolute atomic E-state index is 0.103. The zero-order chi connectivity index (χ0) is 29.3. The van der Waals surface area contributed by atoms with Gasteiger partial charge in [-0.2, -0.15) is 4.98 Å². The van der Waals surface area contributed by atoms with Crippen LogP contribution < -0.4 is 25.0 Å². The van der Waals surface area contributed by atoms with E-state index in [2.05, 4.69) is 25.5 Å². The number of imidazole rings is 1. The molecule has 1 atom stereocenters. The fourth-order valence-corrected chi connectivity index (χ4v) is 4.85. The Kier molecular flexibility index (Phi) is 9.12. The van der Waals surface area contributed by atoms with Crippen LogP contribution in [0.15, 0.2) is 79.5 Å². The molecule has 3 amide bonds. The monoisotopic (exact) mass is 570 g/mol. The molecular formula is C30H34N8O4. The molecule has 2 aromatic heterocycles. The van der Waals surface area contributed by atoms with Crippen LogP contribution in [0.3, 0.4) is 0 Å². The molecule has 2 N–H and O–H groups in total. The van der Waals surface area contributed by atoms with Crippen LogP contribution in [0.5, 0.6) is 11.5 Å². The Morgan fingerprint density at radius 3 is 2.60 bits per heavy atom. The zero-order valence-electron chi connectivity index (χ0n) is 23.6. The highest BCUT2D eigenvalue weighted by Crippen LogP contribution is 2.23. The lowest BCUT2D eigenvalue weighted by Gasteiger charge is -2.41. The van der Waals surface area contributed by atoms with Gasteiger partial charge in [-0.1, -0.05) is 12.1 Å². The van der Waals surface area contributed by atoms with Crippen LogP contribution in [0.2, 0.25) is 0 Å². The van der Waals surface area contributed by atoms with Crippen LogP contribution in [0.25, 0.3) is 5.95 Å². The number of hydrogen-bond acceptors (Lipinski definition) is 8. The van der Waals surface area contributed by atoms with Crippen LogP contribution in [0.1, 0.15) is 12.0 Å². The van der Waals surface area contributed by atoms with Gasteiger partial charge in [0.1, 0.15) is 23.6 Å². The van der Waals surface area contributed by atoms with Crippen molar-refractivity contribution in [2.24, 2.45) is 0 Å². The maximum atomic E-state index is 13.2. The van der Waals surface area contributed by atoms with Crippen LogP contribution >= 0.6 is 0 Å². The third kappa shape index (κ3) is 7.14. The molecule has 0 spiro atoms. The average molecular weight is 571 g/mol. The van der Waals surface area contributed by atoms with E-state index < -0.39 is 0 Å². The predicted octanol–water partition coefficient (Wildman–Crippen LogP) is 3.15. The highest BCUT2D eigenvalue weighted by atomic mass is 16.5. The second-order valence-corrected chi connectivity index (χ2v) is 9.79. The van der Waals surface area contributed by atoms with Gasteiger partial charge in [0.2, 0.25) is 11.9 Å². The van der Waals surface area contributed by atoms with Crippen molar-refractivity contribution in [3.63, 3.8) is 0 Å². The van der Waals surface area contributed by atoms with E-state index in [-0.39, 0.29) is 24.4 Å². The number of nitrogens with one attached hydrogen (secondary N) is 2. The summed E-state index contributed by atoms with van der Waals surface area (Å²) >= 11 is 0. The molecule has 1 fully saturated rings. The summed E-state index contributed by atoms with van der Waals surface area (Å²) in [5, 5.41) is 5.98. The van der Waals surface area contributed by atoms with Crippen molar-refractivity contribution in [1.82, 2.24) is 29.7 Å². The number of piperazine rings is 1. The number of carbonyl (C=O) groups excluding carboxylic acids is 2. The van der Waals surface area contributed by atoms with Crippen molar-refractivity contribution in [2.45, 2.75) is 18.9 Å². The maximum Gasteiger partial charge on any atom is 0.321 e. The molecule has 12 nitrogen and oxygen atoms in total. The molecule has 218 valence electrons. The van der Waals surface area contributed by atoms with Crippen molar-refractivity contribution in [1.29, 1.82) is 0 Å². The number of hydrogen-bond donors (Lipinski definition) is 2. The predicted molar refractivity (Wildman–Crippen MR) is 158 cm³/mol. The minimum atomic E-state index is -0.303. The van der Waals surface area contributed by atoms with E-state index in [1.165, 1.54) is 0 Å². The maximum absolute atomic E-state index is 13.2. The van der Waals surface area contributed by atoms with Crippen molar-refractivity contribution in [3.8, 4) is 17.4 Å². The van der Waals surface area contributed by atoms with Crippen molar-refractivity contribution in [3.05, 3.63) is 85.1 Å². The van der Waals surface area contributed by atoms with E-state index in [4.69, 9.17) is 14.5 Å². The number of carbonyl (C=O) groups is 2. The second kappa shape index (κ2) is 13.5. The number of aromatic nitrogens is 4. The SMILES string of the molecule is COc1ccc(NC(=O)N2CCN(c3ccnc(-n4ccnc4)n3)C(CC(=O)NCCc3cccc(OC)c3)C2)cc1. The number of ether oxygens (including phenoxy) is 2. The van der Waals surface area contributed by atoms with Gasteiger partial charge in [0.05, 0.1) is 20.3 Å². The van der Waals surface area contributed by atoms with Crippen LogP contribution in [-0.4, -0.2) is 82.8 Å². The number of anilines is 2. The molecule has 2 aromatic carbocycles. The summed E-state index contributed by atoms with van der Waals surface area (Å²) in [7, 11) is 3.23. The molecule has 0 bridgehead atoms. The van der Waals surface area contributed by atoms with Crippen LogP contribution in [-0.2, 0) is 11.2 Å². The number of urea groups is 1. The average Bonchev–Trinajstić information content (AvgIpc) is 3.57. The van der Waals surface area contributed by atoms with Crippen molar-refractivity contribution < 1.29 is 19.1 Å². The molecule has 3 heterocycles. The number of amides is 3. The smallest absolute Gasteiger partial charge is 0.321 e. The summed E-state index contributed by atoms with van der Waals surface area (Å²) in [5.74, 6) is 2.54. The zero-order valence-corrected chi connectivity index (χ0v) is 23.6. The summed E-state index contributed by atoms with van der Waals surface area (Å²) in [6, 6.07) is 16.2. The normalized spacial score (nSPS) is 14.8. The first-order chi connectivity index (χ1) is 20.5. The first kappa shape index (κ1) is 28.4.